The zero-order chi connectivity index (χ0) is 25.4. The highest BCUT2D eigenvalue weighted by Crippen LogP contribution is 2.58. The average molecular weight is 487 g/mol. The second-order valence-electron chi connectivity index (χ2n) is 9.30. The van der Waals surface area contributed by atoms with Gasteiger partial charge in [0.25, 0.3) is 0 Å². The van der Waals surface area contributed by atoms with Crippen molar-refractivity contribution < 1.29 is 38.3 Å². The Labute approximate surface area is 206 Å². The van der Waals surface area contributed by atoms with E-state index in [1.165, 1.54) is 7.11 Å². The molecule has 190 valence electrons. The largest absolute Gasteiger partial charge is 0.493 e. The number of aliphatic hydroxyl groups excluding tert-OH is 1. The fraction of sp³-hybridized carbons (Fsp3) is 0.519. The molecule has 0 fully saturated rings. The highest BCUT2D eigenvalue weighted by Gasteiger charge is 2.38. The maximum Gasteiger partial charge on any atom is 0.314 e. The standard InChI is InChI=1S/C27H34O8/c1-8-13(2)27(29)35-26-20-16(10-18(30-5)23(26)31-6)9-14(3)15(4)22(28)17-11-19-24(34-12-33-19)25(32-7)21(17)20/h10-11,13-15,22,28H,8-9,12H2,1-7H3. The van der Waals surface area contributed by atoms with Crippen molar-refractivity contribution in [2.24, 2.45) is 17.8 Å². The highest BCUT2D eigenvalue weighted by molar-refractivity contribution is 5.91. The Morgan fingerprint density at radius 1 is 1.06 bits per heavy atom. The lowest BCUT2D eigenvalue weighted by molar-refractivity contribution is -0.138. The van der Waals surface area contributed by atoms with Gasteiger partial charge in [0.15, 0.2) is 23.0 Å². The van der Waals surface area contributed by atoms with Crippen LogP contribution in [0.4, 0.5) is 0 Å². The molecule has 35 heavy (non-hydrogen) atoms. The molecule has 4 atom stereocenters. The van der Waals surface area contributed by atoms with Crippen molar-refractivity contribution in [1.82, 2.24) is 0 Å². The van der Waals surface area contributed by atoms with E-state index in [-0.39, 0.29) is 36.3 Å². The van der Waals surface area contributed by atoms with E-state index in [1.54, 1.807) is 20.3 Å². The molecule has 8 nitrogen and oxygen atoms in total. The minimum atomic E-state index is -0.817. The molecule has 4 unspecified atom stereocenters. The van der Waals surface area contributed by atoms with Gasteiger partial charge in [0.1, 0.15) is 0 Å². The van der Waals surface area contributed by atoms with Crippen LogP contribution in [0.15, 0.2) is 12.1 Å². The Balaban J connectivity index is 2.13. The van der Waals surface area contributed by atoms with Crippen LogP contribution in [0.3, 0.4) is 0 Å². The quantitative estimate of drug-likeness (QED) is 0.454. The smallest absolute Gasteiger partial charge is 0.314 e. The third-order valence-electron chi connectivity index (χ3n) is 7.29. The van der Waals surface area contributed by atoms with Gasteiger partial charge in [-0.1, -0.05) is 27.7 Å². The first kappa shape index (κ1) is 25.0. The molecule has 2 aliphatic rings. The van der Waals surface area contributed by atoms with Gasteiger partial charge in [-0.3, -0.25) is 4.79 Å². The number of rotatable bonds is 6. The van der Waals surface area contributed by atoms with E-state index in [2.05, 4.69) is 6.92 Å². The van der Waals surface area contributed by atoms with Gasteiger partial charge in [-0.25, -0.2) is 0 Å². The number of fused-ring (bicyclic) bond motifs is 4. The molecule has 0 radical (unpaired) electrons. The topological polar surface area (TPSA) is 92.7 Å². The molecule has 1 aliphatic heterocycles. The van der Waals surface area contributed by atoms with Gasteiger partial charge in [0, 0.05) is 11.1 Å². The summed E-state index contributed by atoms with van der Waals surface area (Å²) in [4.78, 5) is 13.0. The molecule has 2 aromatic rings. The minimum absolute atomic E-state index is 0.0469. The first-order valence-corrected chi connectivity index (χ1v) is 12.0. The Kier molecular flexibility index (Phi) is 7.03. The lowest BCUT2D eigenvalue weighted by atomic mass is 9.76. The molecule has 0 bridgehead atoms. The van der Waals surface area contributed by atoms with Crippen molar-refractivity contribution >= 4 is 5.97 Å². The summed E-state index contributed by atoms with van der Waals surface area (Å²) in [6.07, 6.45) is 0.417. The fourth-order valence-corrected chi connectivity index (χ4v) is 4.76. The van der Waals surface area contributed by atoms with Crippen LogP contribution in [0.1, 0.15) is 51.3 Å². The minimum Gasteiger partial charge on any atom is -0.493 e. The van der Waals surface area contributed by atoms with Gasteiger partial charge >= 0.3 is 5.97 Å². The number of ether oxygens (including phenoxy) is 6. The van der Waals surface area contributed by atoms with E-state index in [9.17, 15) is 9.90 Å². The monoisotopic (exact) mass is 486 g/mol. The molecule has 1 heterocycles. The van der Waals surface area contributed by atoms with E-state index in [1.807, 2.05) is 26.8 Å². The van der Waals surface area contributed by atoms with Gasteiger partial charge in [-0.05, 0) is 47.9 Å². The first-order chi connectivity index (χ1) is 16.8. The molecule has 0 amide bonds. The normalized spacial score (nSPS) is 21.2. The summed E-state index contributed by atoms with van der Waals surface area (Å²) < 4.78 is 34.7. The number of carbonyl (C=O) groups excluding carboxylic acids is 1. The Morgan fingerprint density at radius 3 is 2.40 bits per heavy atom. The summed E-state index contributed by atoms with van der Waals surface area (Å²) in [5.41, 5.74) is 2.70. The molecule has 0 saturated heterocycles. The molecule has 2 aromatic carbocycles. The lowest BCUT2D eigenvalue weighted by Gasteiger charge is -2.33. The van der Waals surface area contributed by atoms with E-state index in [0.29, 0.717) is 58.3 Å². The number of carbonyl (C=O) groups is 1. The molecule has 1 aliphatic carbocycles. The van der Waals surface area contributed by atoms with Crippen LogP contribution in [0.25, 0.3) is 11.1 Å². The number of hydrogen-bond donors (Lipinski definition) is 1. The third kappa shape index (κ3) is 4.14. The second-order valence-corrected chi connectivity index (χ2v) is 9.30. The van der Waals surface area contributed by atoms with Crippen LogP contribution in [-0.2, 0) is 11.2 Å². The SMILES string of the molecule is CCC(C)C(=O)Oc1c(OC)c(OC)cc2c1-c1c(cc3c(c1OC)OCO3)C(O)C(C)C(C)C2. The molecule has 1 N–H and O–H groups in total. The van der Waals surface area contributed by atoms with Crippen LogP contribution in [0.5, 0.6) is 34.5 Å². The second kappa shape index (κ2) is 9.85. The maximum absolute atomic E-state index is 13.0. The van der Waals surface area contributed by atoms with Crippen molar-refractivity contribution in [2.75, 3.05) is 28.1 Å². The Bertz CT molecular complexity index is 1130. The van der Waals surface area contributed by atoms with Crippen LogP contribution < -0.4 is 28.4 Å². The summed E-state index contributed by atoms with van der Waals surface area (Å²) in [5.74, 6) is 1.66. The van der Waals surface area contributed by atoms with Crippen molar-refractivity contribution in [2.45, 2.75) is 46.6 Å². The Morgan fingerprint density at radius 2 is 1.77 bits per heavy atom. The molecule has 0 spiro atoms. The van der Waals surface area contributed by atoms with Crippen LogP contribution >= 0.6 is 0 Å². The van der Waals surface area contributed by atoms with Gasteiger partial charge in [-0.2, -0.15) is 0 Å². The van der Waals surface area contributed by atoms with Crippen molar-refractivity contribution in [3.05, 3.63) is 23.3 Å². The summed E-state index contributed by atoms with van der Waals surface area (Å²) in [6.45, 7) is 7.90. The van der Waals surface area contributed by atoms with E-state index in [4.69, 9.17) is 28.4 Å². The fourth-order valence-electron chi connectivity index (χ4n) is 4.76. The summed E-state index contributed by atoms with van der Waals surface area (Å²) >= 11 is 0. The van der Waals surface area contributed by atoms with Gasteiger partial charge in [0.05, 0.1) is 33.4 Å². The number of aliphatic hydroxyl groups is 1. The molecule has 0 aromatic heterocycles. The predicted octanol–water partition coefficient (Wildman–Crippen LogP) is 4.92. The maximum atomic E-state index is 13.0. The average Bonchev–Trinajstić information content (AvgIpc) is 3.33. The molecule has 4 rings (SSSR count). The van der Waals surface area contributed by atoms with Gasteiger partial charge in [0.2, 0.25) is 18.3 Å². The first-order valence-electron chi connectivity index (χ1n) is 12.0. The van der Waals surface area contributed by atoms with Crippen LogP contribution in [0.2, 0.25) is 0 Å². The molecular formula is C27H34O8. The van der Waals surface area contributed by atoms with Crippen molar-refractivity contribution in [1.29, 1.82) is 0 Å². The number of methoxy groups -OCH3 is 3. The molecule has 0 saturated carbocycles. The zero-order valence-electron chi connectivity index (χ0n) is 21.4. The van der Waals surface area contributed by atoms with Crippen LogP contribution in [-0.4, -0.2) is 39.2 Å². The van der Waals surface area contributed by atoms with Gasteiger partial charge in [-0.15, -0.1) is 0 Å². The predicted molar refractivity (Wildman–Crippen MR) is 130 cm³/mol. The van der Waals surface area contributed by atoms with Crippen LogP contribution in [0, 0.1) is 17.8 Å². The number of benzene rings is 2. The zero-order valence-corrected chi connectivity index (χ0v) is 21.4. The highest BCUT2D eigenvalue weighted by atomic mass is 16.7. The number of esters is 1. The third-order valence-corrected chi connectivity index (χ3v) is 7.29. The Hall–Kier alpha value is -3.13. The summed E-state index contributed by atoms with van der Waals surface area (Å²) in [5, 5.41) is 11.5. The van der Waals surface area contributed by atoms with Crippen molar-refractivity contribution in [3.8, 4) is 45.6 Å². The number of hydrogen-bond acceptors (Lipinski definition) is 8. The van der Waals surface area contributed by atoms with E-state index < -0.39 is 6.10 Å². The molecular weight excluding hydrogens is 452 g/mol. The van der Waals surface area contributed by atoms with Crippen molar-refractivity contribution in [3.63, 3.8) is 0 Å². The van der Waals surface area contributed by atoms with E-state index >= 15 is 0 Å². The summed E-state index contributed by atoms with van der Waals surface area (Å²) in [6, 6.07) is 3.70. The summed E-state index contributed by atoms with van der Waals surface area (Å²) in [7, 11) is 4.60. The van der Waals surface area contributed by atoms with E-state index in [0.717, 1.165) is 5.56 Å². The van der Waals surface area contributed by atoms with Gasteiger partial charge < -0.3 is 33.5 Å². The molecule has 8 heteroatoms. The lowest BCUT2D eigenvalue weighted by Crippen LogP contribution is -2.23.